The van der Waals surface area contributed by atoms with Crippen molar-refractivity contribution < 1.29 is 0 Å². The Hall–Kier alpha value is -6.21. The fourth-order valence-corrected chi connectivity index (χ4v) is 9.05. The van der Waals surface area contributed by atoms with Crippen LogP contribution in [0, 0.1) is 5.41 Å². The third-order valence-corrected chi connectivity index (χ3v) is 11.6. The zero-order chi connectivity index (χ0) is 34.3. The summed E-state index contributed by atoms with van der Waals surface area (Å²) in [5.74, 6) is 2.70. The van der Waals surface area contributed by atoms with Gasteiger partial charge in [0.15, 0.2) is 17.5 Å². The third-order valence-electron chi connectivity index (χ3n) is 11.6. The molecule has 6 aromatic rings. The molecule has 4 unspecified atom stereocenters. The summed E-state index contributed by atoms with van der Waals surface area (Å²) >= 11 is 0. The molecule has 0 radical (unpaired) electrons. The molecule has 5 aromatic carbocycles. The number of rotatable bonds is 5. The predicted molar refractivity (Wildman–Crippen MR) is 207 cm³/mol. The van der Waals surface area contributed by atoms with Gasteiger partial charge in [-0.15, -0.1) is 0 Å². The molecule has 0 saturated heterocycles. The maximum absolute atomic E-state index is 5.40. The number of hydrazone groups is 1. The minimum atomic E-state index is -0.343. The first-order valence-electron chi connectivity index (χ1n) is 17.6. The Labute approximate surface area is 298 Å². The zero-order valence-electron chi connectivity index (χ0n) is 28.8. The summed E-state index contributed by atoms with van der Waals surface area (Å²) in [6.07, 6.45) is 5.99. The lowest BCUT2D eigenvalue weighted by molar-refractivity contribution is 0.188. The van der Waals surface area contributed by atoms with Gasteiger partial charge in [0.1, 0.15) is 12.3 Å². The molecule has 0 saturated carbocycles. The second kappa shape index (κ2) is 10.9. The fourth-order valence-electron chi connectivity index (χ4n) is 9.05. The molecule has 3 aliphatic heterocycles. The summed E-state index contributed by atoms with van der Waals surface area (Å²) < 4.78 is 0. The fraction of sp³-hybridized carbons (Fsp3) is 0.159. The standard InChI is InChI=1S/C44H37N7/c1-30-48(32-19-9-5-10-20-32)39(31-17-7-4-8-18-31)47-51(30)37-25-15-13-23-34(37)36-29-43(2)42-49(33-21-11-6-12-22-33)40-41(46-28-27-45-40)50(42)38-26-16-14-24-35(38)44(36,43)3/h4-30,42H,1-3H3. The van der Waals surface area contributed by atoms with Crippen LogP contribution in [0.3, 0.4) is 0 Å². The van der Waals surface area contributed by atoms with Crippen molar-refractivity contribution in [2.45, 2.75) is 38.5 Å². The van der Waals surface area contributed by atoms with E-state index >= 15 is 0 Å². The molecule has 0 fully saturated rings. The van der Waals surface area contributed by atoms with Crippen molar-refractivity contribution in [1.82, 2.24) is 9.97 Å². The number of fused-ring (bicyclic) bond motifs is 8. The van der Waals surface area contributed by atoms with Gasteiger partial charge >= 0.3 is 0 Å². The summed E-state index contributed by atoms with van der Waals surface area (Å²) in [5.41, 5.74) is 8.68. The maximum atomic E-state index is 5.40. The number of benzene rings is 5. The molecule has 7 heteroatoms. The molecule has 4 aliphatic rings. The van der Waals surface area contributed by atoms with Crippen LogP contribution in [-0.4, -0.2) is 28.1 Å². The van der Waals surface area contributed by atoms with Gasteiger partial charge in [0.25, 0.3) is 0 Å². The van der Waals surface area contributed by atoms with Crippen molar-refractivity contribution >= 4 is 45.8 Å². The molecular formula is C44H37N7. The smallest absolute Gasteiger partial charge is 0.178 e. The molecule has 10 rings (SSSR count). The Morgan fingerprint density at radius 3 is 1.80 bits per heavy atom. The molecule has 4 atom stereocenters. The summed E-state index contributed by atoms with van der Waals surface area (Å²) in [7, 11) is 0. The molecule has 0 N–H and O–H groups in total. The first-order valence-corrected chi connectivity index (χ1v) is 17.6. The van der Waals surface area contributed by atoms with Gasteiger partial charge in [-0.25, -0.2) is 15.0 Å². The Morgan fingerprint density at radius 2 is 1.12 bits per heavy atom. The van der Waals surface area contributed by atoms with Crippen LogP contribution >= 0.6 is 0 Å². The average Bonchev–Trinajstić information content (AvgIpc) is 3.72. The highest BCUT2D eigenvalue weighted by atomic mass is 15.6. The Balaban J connectivity index is 1.15. The molecule has 1 aliphatic carbocycles. The predicted octanol–water partition coefficient (Wildman–Crippen LogP) is 9.50. The van der Waals surface area contributed by atoms with Gasteiger partial charge in [0, 0.05) is 51.4 Å². The lowest BCUT2D eigenvalue weighted by Gasteiger charge is -2.64. The van der Waals surface area contributed by atoms with Crippen LogP contribution in [0.5, 0.6) is 0 Å². The van der Waals surface area contributed by atoms with E-state index in [4.69, 9.17) is 15.1 Å². The Kier molecular flexibility index (Phi) is 6.34. The largest absolute Gasteiger partial charge is 0.302 e. The van der Waals surface area contributed by atoms with Gasteiger partial charge in [-0.05, 0) is 54.5 Å². The highest BCUT2D eigenvalue weighted by Crippen LogP contribution is 2.71. The van der Waals surface area contributed by atoms with Crippen LogP contribution in [-0.2, 0) is 5.41 Å². The van der Waals surface area contributed by atoms with Gasteiger partial charge in [-0.2, -0.15) is 5.10 Å². The number of amidine groups is 1. The van der Waals surface area contributed by atoms with E-state index in [-0.39, 0.29) is 23.2 Å². The van der Waals surface area contributed by atoms with E-state index in [0.717, 1.165) is 40.1 Å². The number of hydrogen-bond donors (Lipinski definition) is 0. The van der Waals surface area contributed by atoms with Crippen molar-refractivity contribution in [2.75, 3.05) is 19.7 Å². The molecule has 4 heterocycles. The first kappa shape index (κ1) is 29.7. The molecule has 7 nitrogen and oxygen atoms in total. The van der Waals surface area contributed by atoms with Gasteiger partial charge in [0.2, 0.25) is 0 Å². The van der Waals surface area contributed by atoms with Crippen molar-refractivity contribution in [3.05, 3.63) is 175 Å². The quantitative estimate of drug-likeness (QED) is 0.183. The van der Waals surface area contributed by atoms with Gasteiger partial charge in [-0.3, -0.25) is 0 Å². The highest BCUT2D eigenvalue weighted by Gasteiger charge is 2.67. The highest BCUT2D eigenvalue weighted by molar-refractivity contribution is 6.13. The van der Waals surface area contributed by atoms with Crippen LogP contribution in [0.15, 0.2) is 163 Å². The van der Waals surface area contributed by atoms with E-state index in [1.165, 1.54) is 22.4 Å². The summed E-state index contributed by atoms with van der Waals surface area (Å²) in [6.45, 7) is 7.09. The molecule has 248 valence electrons. The Morgan fingerprint density at radius 1 is 0.569 bits per heavy atom. The van der Waals surface area contributed by atoms with Crippen molar-refractivity contribution in [1.29, 1.82) is 0 Å². The minimum Gasteiger partial charge on any atom is -0.302 e. The average molecular weight is 664 g/mol. The number of allylic oxidation sites excluding steroid dienone is 1. The normalized spacial score (nSPS) is 24.2. The maximum Gasteiger partial charge on any atom is 0.178 e. The van der Waals surface area contributed by atoms with E-state index in [1.54, 1.807) is 6.20 Å². The summed E-state index contributed by atoms with van der Waals surface area (Å²) in [5, 5.41) is 7.61. The molecule has 51 heavy (non-hydrogen) atoms. The molecule has 0 spiro atoms. The van der Waals surface area contributed by atoms with E-state index in [0.29, 0.717) is 0 Å². The number of para-hydroxylation sites is 4. The lowest BCUT2D eigenvalue weighted by Crippen LogP contribution is -2.66. The van der Waals surface area contributed by atoms with Crippen molar-refractivity contribution in [3.63, 3.8) is 0 Å². The van der Waals surface area contributed by atoms with Gasteiger partial charge < -0.3 is 14.7 Å². The van der Waals surface area contributed by atoms with E-state index in [1.807, 2.05) is 6.20 Å². The van der Waals surface area contributed by atoms with Crippen LogP contribution in [0.1, 0.15) is 37.5 Å². The third kappa shape index (κ3) is 3.97. The number of nitrogens with zero attached hydrogens (tertiary/aromatic N) is 7. The van der Waals surface area contributed by atoms with E-state index < -0.39 is 0 Å². The molecule has 0 amide bonds. The Bertz CT molecular complexity index is 2360. The van der Waals surface area contributed by atoms with Crippen LogP contribution in [0.4, 0.5) is 34.4 Å². The lowest BCUT2D eigenvalue weighted by atomic mass is 9.45. The summed E-state index contributed by atoms with van der Waals surface area (Å²) in [6, 6.07) is 49.4. The molecule has 1 aromatic heterocycles. The number of hydrogen-bond acceptors (Lipinski definition) is 7. The van der Waals surface area contributed by atoms with E-state index in [9.17, 15) is 0 Å². The monoisotopic (exact) mass is 663 g/mol. The van der Waals surface area contributed by atoms with Crippen LogP contribution < -0.4 is 19.7 Å². The van der Waals surface area contributed by atoms with Gasteiger partial charge in [-0.1, -0.05) is 123 Å². The van der Waals surface area contributed by atoms with E-state index in [2.05, 4.69) is 186 Å². The van der Waals surface area contributed by atoms with Crippen molar-refractivity contribution in [3.8, 4) is 0 Å². The van der Waals surface area contributed by atoms with Gasteiger partial charge in [0.05, 0.1) is 5.69 Å². The van der Waals surface area contributed by atoms with Crippen LogP contribution in [0.2, 0.25) is 0 Å². The SMILES string of the molecule is CC1N(c2ccccc2C2=CC3(C)C4N(c5ccccc5)c5nccnc5N4c4ccccc4C23C)N=C(c2ccccc2)N1c1ccccc1. The molecule has 0 bridgehead atoms. The zero-order valence-corrected chi connectivity index (χ0v) is 28.8. The summed E-state index contributed by atoms with van der Waals surface area (Å²) in [4.78, 5) is 17.0. The molecular weight excluding hydrogens is 627 g/mol. The number of anilines is 6. The minimum absolute atomic E-state index is 0.0622. The number of aromatic nitrogens is 2. The van der Waals surface area contributed by atoms with Crippen molar-refractivity contribution in [2.24, 2.45) is 10.5 Å². The first-order chi connectivity index (χ1) is 25.0. The second-order valence-electron chi connectivity index (χ2n) is 14.1. The second-order valence-corrected chi connectivity index (χ2v) is 14.1. The van der Waals surface area contributed by atoms with Crippen LogP contribution in [0.25, 0.3) is 5.57 Å². The topological polar surface area (TPSA) is 51.1 Å².